The highest BCUT2D eigenvalue weighted by molar-refractivity contribution is 5.95. The van der Waals surface area contributed by atoms with E-state index < -0.39 is 12.2 Å². The molecule has 148 valence electrons. The van der Waals surface area contributed by atoms with Crippen molar-refractivity contribution in [3.8, 4) is 11.5 Å². The van der Waals surface area contributed by atoms with Crippen molar-refractivity contribution in [1.82, 2.24) is 5.32 Å². The molecule has 2 aromatic rings. The third-order valence-corrected chi connectivity index (χ3v) is 4.78. The zero-order valence-electron chi connectivity index (χ0n) is 16.4. The number of anilines is 1. The highest BCUT2D eigenvalue weighted by atomic mass is 16.6. The van der Waals surface area contributed by atoms with E-state index >= 15 is 0 Å². The molecule has 3 rings (SSSR count). The van der Waals surface area contributed by atoms with Gasteiger partial charge in [0.25, 0.3) is 5.91 Å². The van der Waals surface area contributed by atoms with Gasteiger partial charge in [-0.1, -0.05) is 6.07 Å². The predicted molar refractivity (Wildman–Crippen MR) is 105 cm³/mol. The monoisotopic (exact) mass is 384 g/mol. The molecule has 2 aromatic carbocycles. The van der Waals surface area contributed by atoms with E-state index in [0.29, 0.717) is 23.6 Å². The number of carbonyl (C=O) groups excluding carboxylic acids is 2. The van der Waals surface area contributed by atoms with Crippen LogP contribution >= 0.6 is 0 Å². The summed E-state index contributed by atoms with van der Waals surface area (Å²) in [7, 11) is 3.05. The summed E-state index contributed by atoms with van der Waals surface area (Å²) in [6.07, 6.45) is -0.837. The quantitative estimate of drug-likeness (QED) is 0.828. The van der Waals surface area contributed by atoms with Crippen LogP contribution in [-0.4, -0.2) is 45.4 Å². The number of rotatable bonds is 6. The molecule has 0 saturated carbocycles. The molecular weight excluding hydrogens is 360 g/mol. The van der Waals surface area contributed by atoms with Gasteiger partial charge in [-0.25, -0.2) is 4.79 Å². The Kier molecular flexibility index (Phi) is 5.73. The average Bonchev–Trinajstić information content (AvgIpc) is 3.08. The number of aryl methyl sites for hydroxylation is 2. The van der Waals surface area contributed by atoms with Crippen LogP contribution in [0.5, 0.6) is 11.5 Å². The Bertz CT molecular complexity index is 874. The zero-order chi connectivity index (χ0) is 20.3. The molecule has 0 bridgehead atoms. The Morgan fingerprint density at radius 3 is 2.39 bits per heavy atom. The highest BCUT2D eigenvalue weighted by Crippen LogP contribution is 2.25. The van der Waals surface area contributed by atoms with Crippen molar-refractivity contribution in [2.75, 3.05) is 32.2 Å². The Labute approximate surface area is 164 Å². The number of nitrogens with one attached hydrogen (secondary N) is 1. The van der Waals surface area contributed by atoms with E-state index in [0.717, 1.165) is 16.8 Å². The number of benzene rings is 2. The lowest BCUT2D eigenvalue weighted by molar-refractivity contribution is 0.0915. The lowest BCUT2D eigenvalue weighted by Crippen LogP contribution is -2.34. The van der Waals surface area contributed by atoms with Gasteiger partial charge in [0.2, 0.25) is 0 Å². The lowest BCUT2D eigenvalue weighted by Gasteiger charge is -2.15. The van der Waals surface area contributed by atoms with E-state index in [9.17, 15) is 9.59 Å². The van der Waals surface area contributed by atoms with Gasteiger partial charge in [0.1, 0.15) is 17.6 Å². The third-order valence-electron chi connectivity index (χ3n) is 4.78. The van der Waals surface area contributed by atoms with Crippen LogP contribution in [-0.2, 0) is 4.74 Å². The van der Waals surface area contributed by atoms with Crippen LogP contribution in [0.25, 0.3) is 0 Å². The van der Waals surface area contributed by atoms with Crippen LogP contribution in [0.3, 0.4) is 0 Å². The third kappa shape index (κ3) is 4.19. The van der Waals surface area contributed by atoms with E-state index in [-0.39, 0.29) is 12.5 Å². The van der Waals surface area contributed by atoms with Gasteiger partial charge >= 0.3 is 6.09 Å². The van der Waals surface area contributed by atoms with Crippen molar-refractivity contribution >= 4 is 17.7 Å². The molecule has 1 aliphatic rings. The number of nitrogens with zero attached hydrogens (tertiary/aromatic N) is 1. The first-order valence-electron chi connectivity index (χ1n) is 8.98. The second-order valence-corrected chi connectivity index (χ2v) is 6.70. The molecule has 1 heterocycles. The first-order valence-corrected chi connectivity index (χ1v) is 8.98. The summed E-state index contributed by atoms with van der Waals surface area (Å²) in [5.74, 6) is 0.758. The molecule has 1 saturated heterocycles. The van der Waals surface area contributed by atoms with E-state index in [1.807, 2.05) is 32.0 Å². The van der Waals surface area contributed by atoms with Crippen molar-refractivity contribution in [2.24, 2.45) is 0 Å². The summed E-state index contributed by atoms with van der Waals surface area (Å²) in [6.45, 7) is 4.61. The summed E-state index contributed by atoms with van der Waals surface area (Å²) in [6, 6.07) is 10.8. The second kappa shape index (κ2) is 8.21. The maximum Gasteiger partial charge on any atom is 0.414 e. The summed E-state index contributed by atoms with van der Waals surface area (Å²) < 4.78 is 15.8. The molecule has 1 aliphatic heterocycles. The second-order valence-electron chi connectivity index (χ2n) is 6.70. The van der Waals surface area contributed by atoms with Crippen molar-refractivity contribution in [1.29, 1.82) is 0 Å². The Morgan fingerprint density at radius 2 is 1.79 bits per heavy atom. The van der Waals surface area contributed by atoms with Gasteiger partial charge in [0.05, 0.1) is 27.3 Å². The standard InChI is InChI=1S/C21H24N2O5/c1-13-5-6-16(7-14(13)2)23-12-19(28-21(23)25)11-22-20(24)15-8-17(26-3)10-18(9-15)27-4/h5-10,19H,11-12H2,1-4H3,(H,22,24). The molecule has 0 aliphatic carbocycles. The van der Waals surface area contributed by atoms with E-state index in [1.54, 1.807) is 23.1 Å². The maximum absolute atomic E-state index is 12.5. The van der Waals surface area contributed by atoms with Crippen molar-refractivity contribution in [3.05, 3.63) is 53.1 Å². The summed E-state index contributed by atoms with van der Waals surface area (Å²) in [5, 5.41) is 2.80. The SMILES string of the molecule is COc1cc(OC)cc(C(=O)NCC2CN(c3ccc(C)c(C)c3)C(=O)O2)c1. The fraction of sp³-hybridized carbons (Fsp3) is 0.333. The van der Waals surface area contributed by atoms with Gasteiger partial charge in [-0.15, -0.1) is 0 Å². The van der Waals surface area contributed by atoms with Crippen LogP contribution in [0, 0.1) is 13.8 Å². The topological polar surface area (TPSA) is 77.1 Å². The Balaban J connectivity index is 1.63. The first kappa shape index (κ1) is 19.5. The average molecular weight is 384 g/mol. The molecule has 7 heteroatoms. The molecule has 1 atom stereocenters. The van der Waals surface area contributed by atoms with Gasteiger partial charge in [-0.2, -0.15) is 0 Å². The smallest absolute Gasteiger partial charge is 0.414 e. The molecule has 28 heavy (non-hydrogen) atoms. The normalized spacial score (nSPS) is 15.9. The van der Waals surface area contributed by atoms with Crippen molar-refractivity contribution in [2.45, 2.75) is 20.0 Å². The van der Waals surface area contributed by atoms with Gasteiger partial charge in [-0.3, -0.25) is 9.69 Å². The number of hydrogen-bond acceptors (Lipinski definition) is 5. The van der Waals surface area contributed by atoms with Gasteiger partial charge in [0.15, 0.2) is 0 Å². The Morgan fingerprint density at radius 1 is 1.11 bits per heavy atom. The number of cyclic esters (lactones) is 1. The largest absolute Gasteiger partial charge is 0.497 e. The van der Waals surface area contributed by atoms with Gasteiger partial charge < -0.3 is 19.5 Å². The van der Waals surface area contributed by atoms with Gasteiger partial charge in [-0.05, 0) is 49.2 Å². The number of methoxy groups -OCH3 is 2. The van der Waals surface area contributed by atoms with Crippen molar-refractivity contribution < 1.29 is 23.8 Å². The molecule has 2 amide bonds. The minimum absolute atomic E-state index is 0.214. The Hall–Kier alpha value is -3.22. The fourth-order valence-corrected chi connectivity index (χ4v) is 2.98. The van der Waals surface area contributed by atoms with E-state index in [2.05, 4.69) is 5.32 Å². The molecule has 0 spiro atoms. The van der Waals surface area contributed by atoms with Crippen LogP contribution in [0.15, 0.2) is 36.4 Å². The number of amides is 2. The first-order chi connectivity index (χ1) is 13.4. The van der Waals surface area contributed by atoms with E-state index in [1.165, 1.54) is 14.2 Å². The summed E-state index contributed by atoms with van der Waals surface area (Å²) >= 11 is 0. The number of carbonyl (C=O) groups is 2. The van der Waals surface area contributed by atoms with E-state index in [4.69, 9.17) is 14.2 Å². The molecule has 7 nitrogen and oxygen atoms in total. The fourth-order valence-electron chi connectivity index (χ4n) is 2.98. The molecular formula is C21H24N2O5. The molecule has 1 N–H and O–H groups in total. The molecule has 1 unspecified atom stereocenters. The van der Waals surface area contributed by atoms with Crippen LogP contribution in [0.1, 0.15) is 21.5 Å². The van der Waals surface area contributed by atoms with Crippen molar-refractivity contribution in [3.63, 3.8) is 0 Å². The number of hydrogen-bond donors (Lipinski definition) is 1. The van der Waals surface area contributed by atoms with Crippen LogP contribution in [0.4, 0.5) is 10.5 Å². The highest BCUT2D eigenvalue weighted by Gasteiger charge is 2.32. The zero-order valence-corrected chi connectivity index (χ0v) is 16.4. The summed E-state index contributed by atoms with van der Waals surface area (Å²) in [5.41, 5.74) is 3.47. The number of ether oxygens (including phenoxy) is 3. The van der Waals surface area contributed by atoms with Gasteiger partial charge in [0, 0.05) is 17.3 Å². The lowest BCUT2D eigenvalue weighted by atomic mass is 10.1. The molecule has 0 radical (unpaired) electrons. The van der Waals surface area contributed by atoms with Crippen LogP contribution in [0.2, 0.25) is 0 Å². The van der Waals surface area contributed by atoms with Crippen LogP contribution < -0.4 is 19.7 Å². The molecule has 0 aromatic heterocycles. The maximum atomic E-state index is 12.5. The summed E-state index contributed by atoms with van der Waals surface area (Å²) in [4.78, 5) is 26.3. The predicted octanol–water partition coefficient (Wildman–Crippen LogP) is 3.08. The molecule has 1 fully saturated rings. The minimum Gasteiger partial charge on any atom is -0.497 e. The minimum atomic E-state index is -0.425.